The van der Waals surface area contributed by atoms with Crippen LogP contribution in [-0.4, -0.2) is 6.21 Å². The van der Waals surface area contributed by atoms with Crippen LogP contribution in [0, 0.1) is 5.92 Å². The minimum Gasteiger partial charge on any atom is -0.256 e. The van der Waals surface area contributed by atoms with Gasteiger partial charge < -0.3 is 0 Å². The molecule has 1 nitrogen and oxygen atoms in total. The number of aliphatic imine (C=N–C) groups is 1. The van der Waals surface area contributed by atoms with Crippen LogP contribution in [0.15, 0.2) is 65.9 Å². The van der Waals surface area contributed by atoms with E-state index in [9.17, 15) is 0 Å². The van der Waals surface area contributed by atoms with E-state index in [2.05, 4.69) is 43.3 Å². The molecule has 0 aromatic carbocycles. The Hall–Kier alpha value is -1.63. The molecule has 1 heteroatoms. The second-order valence-corrected chi connectivity index (χ2v) is 3.53. The quantitative estimate of drug-likeness (QED) is 0.482. The molecule has 1 unspecified atom stereocenters. The van der Waals surface area contributed by atoms with E-state index in [0.29, 0.717) is 5.92 Å². The second-order valence-electron chi connectivity index (χ2n) is 3.53. The highest BCUT2D eigenvalue weighted by atomic mass is 14.7. The van der Waals surface area contributed by atoms with Crippen molar-refractivity contribution in [2.75, 3.05) is 0 Å². The van der Waals surface area contributed by atoms with Crippen molar-refractivity contribution in [1.29, 1.82) is 0 Å². The Morgan fingerprint density at radius 2 is 2.27 bits per heavy atom. The Bertz CT molecular complexity index is 354. The van der Waals surface area contributed by atoms with Crippen molar-refractivity contribution in [2.45, 2.75) is 13.3 Å². The maximum absolute atomic E-state index is 4.31. The maximum Gasteiger partial charge on any atom is 0.0698 e. The first-order valence-corrected chi connectivity index (χ1v) is 5.14. The Labute approximate surface area is 91.9 Å². The first-order chi connectivity index (χ1) is 7.27. The number of nitrogens with zero attached hydrogens (tertiary/aromatic N) is 1. The van der Waals surface area contributed by atoms with Gasteiger partial charge >= 0.3 is 0 Å². The third-order valence-corrected chi connectivity index (χ3v) is 2.20. The van der Waals surface area contributed by atoms with Crippen molar-refractivity contribution < 1.29 is 0 Å². The SMILES string of the molecule is C=CC=NC(=CC=C)C1=CCC(C)C=C1. The fourth-order valence-corrected chi connectivity index (χ4v) is 1.38. The zero-order chi connectivity index (χ0) is 11.1. The van der Waals surface area contributed by atoms with E-state index in [1.807, 2.05) is 6.08 Å². The normalized spacial score (nSPS) is 21.5. The predicted molar refractivity (Wildman–Crippen MR) is 68.0 cm³/mol. The van der Waals surface area contributed by atoms with Crippen molar-refractivity contribution in [3.05, 3.63) is 60.9 Å². The van der Waals surface area contributed by atoms with E-state index in [-0.39, 0.29) is 0 Å². The predicted octanol–water partition coefficient (Wildman–Crippen LogP) is 3.84. The highest BCUT2D eigenvalue weighted by Gasteiger charge is 2.05. The van der Waals surface area contributed by atoms with Gasteiger partial charge in [0.1, 0.15) is 0 Å². The van der Waals surface area contributed by atoms with Gasteiger partial charge in [-0.3, -0.25) is 4.99 Å². The Morgan fingerprint density at radius 3 is 2.80 bits per heavy atom. The summed E-state index contributed by atoms with van der Waals surface area (Å²) >= 11 is 0. The van der Waals surface area contributed by atoms with Gasteiger partial charge in [-0.05, 0) is 24.0 Å². The van der Waals surface area contributed by atoms with E-state index in [1.54, 1.807) is 18.4 Å². The highest BCUT2D eigenvalue weighted by Crippen LogP contribution is 2.22. The summed E-state index contributed by atoms with van der Waals surface area (Å²) in [6.45, 7) is 9.50. The van der Waals surface area contributed by atoms with Crippen LogP contribution in [0.4, 0.5) is 0 Å². The molecule has 1 atom stereocenters. The number of hydrogen-bond acceptors (Lipinski definition) is 1. The first kappa shape index (κ1) is 11.4. The molecule has 78 valence electrons. The van der Waals surface area contributed by atoms with Gasteiger partial charge in [-0.2, -0.15) is 0 Å². The van der Waals surface area contributed by atoms with Crippen LogP contribution in [0.2, 0.25) is 0 Å². The van der Waals surface area contributed by atoms with Crippen LogP contribution in [0.5, 0.6) is 0 Å². The fourth-order valence-electron chi connectivity index (χ4n) is 1.38. The molecule has 0 spiro atoms. The van der Waals surface area contributed by atoms with E-state index in [1.165, 1.54) is 0 Å². The summed E-state index contributed by atoms with van der Waals surface area (Å²) in [5.74, 6) is 0.627. The average molecular weight is 199 g/mol. The number of hydrogen-bond donors (Lipinski definition) is 0. The Kier molecular flexibility index (Phi) is 4.55. The second kappa shape index (κ2) is 5.97. The molecular weight excluding hydrogens is 182 g/mol. The molecule has 1 rings (SSSR count). The molecule has 1 aliphatic rings. The molecule has 0 bridgehead atoms. The average Bonchev–Trinajstić information content (AvgIpc) is 2.25. The van der Waals surface area contributed by atoms with E-state index in [0.717, 1.165) is 17.7 Å². The van der Waals surface area contributed by atoms with Gasteiger partial charge in [0, 0.05) is 6.21 Å². The lowest BCUT2D eigenvalue weighted by atomic mass is 9.97. The van der Waals surface area contributed by atoms with Crippen molar-refractivity contribution >= 4 is 6.21 Å². The molecule has 0 amide bonds. The van der Waals surface area contributed by atoms with Crippen LogP contribution in [-0.2, 0) is 0 Å². The van der Waals surface area contributed by atoms with Gasteiger partial charge in [0.2, 0.25) is 0 Å². The molecule has 0 heterocycles. The molecule has 1 aliphatic carbocycles. The van der Waals surface area contributed by atoms with Gasteiger partial charge in [0.05, 0.1) is 5.70 Å². The summed E-state index contributed by atoms with van der Waals surface area (Å²) in [7, 11) is 0. The lowest BCUT2D eigenvalue weighted by Crippen LogP contribution is -1.96. The van der Waals surface area contributed by atoms with Gasteiger partial charge in [0.15, 0.2) is 0 Å². The molecule has 15 heavy (non-hydrogen) atoms. The largest absolute Gasteiger partial charge is 0.256 e. The Balaban J connectivity index is 2.87. The molecule has 0 N–H and O–H groups in total. The topological polar surface area (TPSA) is 12.4 Å². The van der Waals surface area contributed by atoms with E-state index < -0.39 is 0 Å². The van der Waals surface area contributed by atoms with Gasteiger partial charge in [-0.1, -0.05) is 50.5 Å². The van der Waals surface area contributed by atoms with Crippen LogP contribution >= 0.6 is 0 Å². The molecule has 0 fully saturated rings. The van der Waals surface area contributed by atoms with Crippen LogP contribution in [0.25, 0.3) is 0 Å². The van der Waals surface area contributed by atoms with E-state index >= 15 is 0 Å². The molecule has 0 aliphatic heterocycles. The molecular formula is C14H17N. The zero-order valence-corrected chi connectivity index (χ0v) is 9.19. The van der Waals surface area contributed by atoms with Gasteiger partial charge in [-0.15, -0.1) is 0 Å². The first-order valence-electron chi connectivity index (χ1n) is 5.14. The molecule has 0 saturated carbocycles. The van der Waals surface area contributed by atoms with Gasteiger partial charge in [0.25, 0.3) is 0 Å². The molecule has 0 radical (unpaired) electrons. The molecule has 0 aromatic heterocycles. The Morgan fingerprint density at radius 1 is 1.47 bits per heavy atom. The summed E-state index contributed by atoms with van der Waals surface area (Å²) in [6, 6.07) is 0. The monoisotopic (exact) mass is 199 g/mol. The van der Waals surface area contributed by atoms with E-state index in [4.69, 9.17) is 0 Å². The third kappa shape index (κ3) is 3.55. The maximum atomic E-state index is 4.31. The summed E-state index contributed by atoms with van der Waals surface area (Å²) in [6.07, 6.45) is 14.6. The lowest BCUT2D eigenvalue weighted by Gasteiger charge is -2.11. The lowest BCUT2D eigenvalue weighted by molar-refractivity contribution is 0.731. The van der Waals surface area contributed by atoms with Crippen LogP contribution in [0.1, 0.15) is 13.3 Å². The molecule has 0 aromatic rings. The minimum atomic E-state index is 0.627. The van der Waals surface area contributed by atoms with Crippen LogP contribution in [0.3, 0.4) is 0 Å². The summed E-state index contributed by atoms with van der Waals surface area (Å²) < 4.78 is 0. The number of allylic oxidation sites excluding steroid dienone is 6. The van der Waals surface area contributed by atoms with Crippen molar-refractivity contribution in [3.8, 4) is 0 Å². The summed E-state index contributed by atoms with van der Waals surface area (Å²) in [5, 5.41) is 0. The zero-order valence-electron chi connectivity index (χ0n) is 9.19. The van der Waals surface area contributed by atoms with Crippen molar-refractivity contribution in [1.82, 2.24) is 0 Å². The van der Waals surface area contributed by atoms with Crippen molar-refractivity contribution in [3.63, 3.8) is 0 Å². The summed E-state index contributed by atoms with van der Waals surface area (Å²) in [4.78, 5) is 4.31. The fraction of sp³-hybridized carbons (Fsp3) is 0.214. The standard InChI is InChI=1S/C14H17N/c1-4-6-14(15-11-5-2)13-9-7-12(3)8-10-13/h4-7,9-12H,1-2,8H2,3H3. The van der Waals surface area contributed by atoms with Crippen LogP contribution < -0.4 is 0 Å². The van der Waals surface area contributed by atoms with Crippen molar-refractivity contribution in [2.24, 2.45) is 10.9 Å². The van der Waals surface area contributed by atoms with Gasteiger partial charge in [-0.25, -0.2) is 0 Å². The highest BCUT2D eigenvalue weighted by molar-refractivity contribution is 5.72. The molecule has 0 saturated heterocycles. The third-order valence-electron chi connectivity index (χ3n) is 2.20. The number of rotatable bonds is 4. The minimum absolute atomic E-state index is 0.627. The summed E-state index contributed by atoms with van der Waals surface area (Å²) in [5.41, 5.74) is 2.10. The smallest absolute Gasteiger partial charge is 0.0698 e.